The standard InChI is InChI=1S/C23H30N2O6S/c1-23(2,3)31-22(27)24-13-12-17-8-10-19(11-9-17)30-15-14-25(4)21(26)18-6-5-7-20(16-18)32(28)29/h5-11,16H,12-15H2,1-4H3,(H,24,27)(H,28,29)/p-1. The number of carbonyl (C=O) groups is 2. The largest absolute Gasteiger partial charge is 0.768 e. The van der Waals surface area contributed by atoms with Crippen LogP contribution in [0.25, 0.3) is 0 Å². The second-order valence-corrected chi connectivity index (χ2v) is 9.10. The molecule has 0 aliphatic carbocycles. The summed E-state index contributed by atoms with van der Waals surface area (Å²) in [6, 6.07) is 13.4. The maximum absolute atomic E-state index is 12.5. The molecule has 174 valence electrons. The van der Waals surface area contributed by atoms with Gasteiger partial charge in [0.05, 0.1) is 6.54 Å². The highest BCUT2D eigenvalue weighted by molar-refractivity contribution is 7.79. The van der Waals surface area contributed by atoms with E-state index in [2.05, 4.69) is 5.32 Å². The quantitative estimate of drug-likeness (QED) is 0.575. The fourth-order valence-electron chi connectivity index (χ4n) is 2.73. The summed E-state index contributed by atoms with van der Waals surface area (Å²) in [7, 11) is 1.63. The first-order chi connectivity index (χ1) is 15.0. The summed E-state index contributed by atoms with van der Waals surface area (Å²) >= 11 is -2.38. The SMILES string of the molecule is CN(CCOc1ccc(CCNC(=O)OC(C)(C)C)cc1)C(=O)c1cccc(S(=O)[O-])c1. The van der Waals surface area contributed by atoms with E-state index in [1.807, 2.05) is 45.0 Å². The molecule has 32 heavy (non-hydrogen) atoms. The van der Waals surface area contributed by atoms with E-state index in [1.54, 1.807) is 13.1 Å². The van der Waals surface area contributed by atoms with Crippen LogP contribution in [-0.2, 0) is 22.2 Å². The van der Waals surface area contributed by atoms with Crippen LogP contribution in [0.4, 0.5) is 4.79 Å². The van der Waals surface area contributed by atoms with E-state index >= 15 is 0 Å². The molecule has 1 atom stereocenters. The zero-order valence-electron chi connectivity index (χ0n) is 18.8. The minimum absolute atomic E-state index is 0.0712. The molecule has 0 spiro atoms. The Hall–Kier alpha value is -2.91. The number of carbonyl (C=O) groups excluding carboxylic acids is 2. The van der Waals surface area contributed by atoms with E-state index in [0.717, 1.165) is 5.56 Å². The molecule has 0 heterocycles. The lowest BCUT2D eigenvalue weighted by molar-refractivity contribution is 0.0528. The van der Waals surface area contributed by atoms with E-state index < -0.39 is 22.8 Å². The van der Waals surface area contributed by atoms with Crippen molar-refractivity contribution in [2.24, 2.45) is 0 Å². The number of benzene rings is 2. The van der Waals surface area contributed by atoms with Crippen LogP contribution in [-0.4, -0.2) is 58.0 Å². The van der Waals surface area contributed by atoms with E-state index in [0.29, 0.717) is 30.8 Å². The highest BCUT2D eigenvalue weighted by Gasteiger charge is 2.15. The number of hydrogen-bond acceptors (Lipinski definition) is 6. The van der Waals surface area contributed by atoms with Crippen molar-refractivity contribution >= 4 is 23.1 Å². The van der Waals surface area contributed by atoms with Crippen molar-refractivity contribution in [1.29, 1.82) is 0 Å². The van der Waals surface area contributed by atoms with Crippen molar-refractivity contribution in [3.63, 3.8) is 0 Å². The van der Waals surface area contributed by atoms with Gasteiger partial charge in [0.25, 0.3) is 5.91 Å². The predicted octanol–water partition coefficient (Wildman–Crippen LogP) is 3.14. The third kappa shape index (κ3) is 8.68. The van der Waals surface area contributed by atoms with Gasteiger partial charge in [-0.1, -0.05) is 18.2 Å². The molecule has 1 N–H and O–H groups in total. The average molecular weight is 462 g/mol. The zero-order valence-corrected chi connectivity index (χ0v) is 19.6. The van der Waals surface area contributed by atoms with Gasteiger partial charge < -0.3 is 24.2 Å². The maximum atomic E-state index is 12.5. The molecular weight excluding hydrogens is 432 g/mol. The smallest absolute Gasteiger partial charge is 0.407 e. The summed E-state index contributed by atoms with van der Waals surface area (Å²) in [4.78, 5) is 25.7. The number of amides is 2. The Morgan fingerprint density at radius 1 is 1.12 bits per heavy atom. The summed E-state index contributed by atoms with van der Waals surface area (Å²) < 4.78 is 33.0. The van der Waals surface area contributed by atoms with Crippen LogP contribution in [0.3, 0.4) is 0 Å². The Labute approximate surface area is 191 Å². The first-order valence-electron chi connectivity index (χ1n) is 10.2. The fraction of sp³-hybridized carbons (Fsp3) is 0.391. The molecule has 2 rings (SSSR count). The maximum Gasteiger partial charge on any atom is 0.407 e. The topological polar surface area (TPSA) is 108 Å². The van der Waals surface area contributed by atoms with Crippen molar-refractivity contribution in [2.75, 3.05) is 26.7 Å². The Morgan fingerprint density at radius 2 is 1.81 bits per heavy atom. The van der Waals surface area contributed by atoms with Gasteiger partial charge in [-0.05, 0) is 74.2 Å². The second kappa shape index (κ2) is 11.6. The first-order valence-corrected chi connectivity index (χ1v) is 11.3. The molecule has 2 amide bonds. The van der Waals surface area contributed by atoms with Crippen molar-refractivity contribution in [2.45, 2.75) is 37.7 Å². The lowest BCUT2D eigenvalue weighted by Gasteiger charge is -2.19. The van der Waals surface area contributed by atoms with Crippen LogP contribution in [0.2, 0.25) is 0 Å². The molecule has 0 aliphatic rings. The van der Waals surface area contributed by atoms with Crippen molar-refractivity contribution in [3.8, 4) is 5.75 Å². The Balaban J connectivity index is 1.75. The minimum atomic E-state index is -2.38. The molecule has 0 aliphatic heterocycles. The molecule has 0 fully saturated rings. The van der Waals surface area contributed by atoms with Gasteiger partial charge in [0.2, 0.25) is 0 Å². The van der Waals surface area contributed by atoms with Gasteiger partial charge in [-0.3, -0.25) is 9.00 Å². The number of nitrogens with one attached hydrogen (secondary N) is 1. The normalized spacial score (nSPS) is 12.0. The second-order valence-electron chi connectivity index (χ2n) is 8.16. The monoisotopic (exact) mass is 461 g/mol. The number of likely N-dealkylation sites (N-methyl/N-ethyl adjacent to an activating group) is 1. The summed E-state index contributed by atoms with van der Waals surface area (Å²) in [5.74, 6) is 0.382. The number of rotatable bonds is 9. The van der Waals surface area contributed by atoms with Gasteiger partial charge >= 0.3 is 6.09 Å². The van der Waals surface area contributed by atoms with Crippen LogP contribution in [0, 0.1) is 0 Å². The van der Waals surface area contributed by atoms with Gasteiger partial charge in [0.1, 0.15) is 18.0 Å². The minimum Gasteiger partial charge on any atom is -0.768 e. The molecule has 0 saturated heterocycles. The molecule has 2 aromatic carbocycles. The fourth-order valence-corrected chi connectivity index (χ4v) is 3.14. The van der Waals surface area contributed by atoms with Crippen molar-refractivity contribution in [1.82, 2.24) is 10.2 Å². The lowest BCUT2D eigenvalue weighted by atomic mass is 10.1. The molecule has 8 nitrogen and oxygen atoms in total. The third-order valence-electron chi connectivity index (χ3n) is 4.32. The lowest BCUT2D eigenvalue weighted by Crippen LogP contribution is -2.33. The number of ether oxygens (including phenoxy) is 2. The van der Waals surface area contributed by atoms with E-state index in [9.17, 15) is 18.4 Å². The molecular formula is C23H29N2O6S-. The summed E-state index contributed by atoms with van der Waals surface area (Å²) in [6.07, 6.45) is 0.216. The molecule has 0 saturated carbocycles. The van der Waals surface area contributed by atoms with E-state index in [-0.39, 0.29) is 17.4 Å². The molecule has 0 radical (unpaired) electrons. The van der Waals surface area contributed by atoms with Crippen LogP contribution in [0.1, 0.15) is 36.7 Å². The number of nitrogens with zero attached hydrogens (tertiary/aromatic N) is 1. The highest BCUT2D eigenvalue weighted by Crippen LogP contribution is 2.14. The van der Waals surface area contributed by atoms with Gasteiger partial charge in [-0.2, -0.15) is 0 Å². The number of hydrogen-bond donors (Lipinski definition) is 1. The van der Waals surface area contributed by atoms with Gasteiger partial charge in [-0.25, -0.2) is 4.79 Å². The van der Waals surface area contributed by atoms with Crippen LogP contribution < -0.4 is 10.1 Å². The Morgan fingerprint density at radius 3 is 2.44 bits per heavy atom. The highest BCUT2D eigenvalue weighted by atomic mass is 32.2. The van der Waals surface area contributed by atoms with Crippen molar-refractivity contribution in [3.05, 3.63) is 59.7 Å². The third-order valence-corrected chi connectivity index (χ3v) is 4.96. The molecule has 1 unspecified atom stereocenters. The van der Waals surface area contributed by atoms with E-state index in [4.69, 9.17) is 9.47 Å². The first kappa shape index (κ1) is 25.4. The molecule has 2 aromatic rings. The summed E-state index contributed by atoms with van der Waals surface area (Å²) in [6.45, 7) is 6.53. The van der Waals surface area contributed by atoms with Gasteiger partial charge in [0.15, 0.2) is 0 Å². The summed E-state index contributed by atoms with van der Waals surface area (Å²) in [5, 5.41) is 2.72. The van der Waals surface area contributed by atoms with Gasteiger partial charge in [-0.15, -0.1) is 0 Å². The molecule has 0 aromatic heterocycles. The van der Waals surface area contributed by atoms with Crippen LogP contribution >= 0.6 is 0 Å². The molecule has 9 heteroatoms. The number of alkyl carbamates (subject to hydrolysis) is 1. The van der Waals surface area contributed by atoms with Crippen LogP contribution in [0.15, 0.2) is 53.4 Å². The van der Waals surface area contributed by atoms with Crippen molar-refractivity contribution < 1.29 is 27.8 Å². The van der Waals surface area contributed by atoms with Gasteiger partial charge in [0, 0.05) is 24.1 Å². The predicted molar refractivity (Wildman–Crippen MR) is 120 cm³/mol. The molecule has 0 bridgehead atoms. The Bertz CT molecular complexity index is 940. The summed E-state index contributed by atoms with van der Waals surface area (Å²) in [5.41, 5.74) is 0.818. The zero-order chi connectivity index (χ0) is 23.7. The van der Waals surface area contributed by atoms with E-state index in [1.165, 1.54) is 23.1 Å². The van der Waals surface area contributed by atoms with Crippen LogP contribution in [0.5, 0.6) is 5.75 Å². The Kier molecular flexibility index (Phi) is 9.22. The average Bonchev–Trinajstić information content (AvgIpc) is 2.73.